The first-order valence-corrected chi connectivity index (χ1v) is 18.2. The predicted octanol–water partition coefficient (Wildman–Crippen LogP) is 6.41. The maximum atomic E-state index is 13.4. The van der Waals surface area contributed by atoms with E-state index in [0.717, 1.165) is 62.9 Å². The molecule has 0 bridgehead atoms. The van der Waals surface area contributed by atoms with Crippen LogP contribution in [0.4, 0.5) is 20.4 Å². The smallest absolute Gasteiger partial charge is 0.231 e. The van der Waals surface area contributed by atoms with Crippen molar-refractivity contribution in [3.63, 3.8) is 0 Å². The van der Waals surface area contributed by atoms with E-state index in [-0.39, 0.29) is 36.9 Å². The number of carbonyl (C=O) groups excluding carboxylic acids is 2. The lowest BCUT2D eigenvalue weighted by molar-refractivity contribution is -0.118. The number of halogens is 2. The molecule has 8 atom stereocenters. The van der Waals surface area contributed by atoms with Crippen LogP contribution < -0.4 is 20.1 Å². The number of anilines is 2. The van der Waals surface area contributed by atoms with Gasteiger partial charge in [0.2, 0.25) is 17.7 Å². The molecular formula is C40H36F2N8O4. The van der Waals surface area contributed by atoms with Crippen molar-refractivity contribution in [2.75, 3.05) is 10.6 Å². The summed E-state index contributed by atoms with van der Waals surface area (Å²) in [6.07, 6.45) is 8.94. The Morgan fingerprint density at radius 1 is 0.704 bits per heavy atom. The van der Waals surface area contributed by atoms with Crippen molar-refractivity contribution in [1.82, 2.24) is 29.1 Å². The lowest BCUT2D eigenvalue weighted by atomic mass is 10.2. The Hall–Kier alpha value is -5.92. The minimum atomic E-state index is -1.07. The van der Waals surface area contributed by atoms with E-state index >= 15 is 0 Å². The SMILES string of the molecule is Cn1c(-c2cnccc2OC2CC2C2CC2Oc2ncccc2-c2cc3cc(NC(=O)C4CC4F)ncc3n2C)cc2cc(NC(=O)C3CC3F)ncc21. The highest BCUT2D eigenvalue weighted by atomic mass is 19.1. The van der Waals surface area contributed by atoms with Crippen LogP contribution in [0.15, 0.2) is 73.4 Å². The third kappa shape index (κ3) is 5.89. The van der Waals surface area contributed by atoms with E-state index in [1.807, 2.05) is 53.6 Å². The molecule has 274 valence electrons. The van der Waals surface area contributed by atoms with Gasteiger partial charge < -0.3 is 29.2 Å². The van der Waals surface area contributed by atoms with Crippen LogP contribution in [-0.2, 0) is 23.7 Å². The molecular weight excluding hydrogens is 694 g/mol. The number of rotatable bonds is 11. The molecule has 12 nitrogen and oxygen atoms in total. The fourth-order valence-corrected chi connectivity index (χ4v) is 7.64. The van der Waals surface area contributed by atoms with Gasteiger partial charge in [-0.05, 0) is 68.1 Å². The monoisotopic (exact) mass is 730 g/mol. The molecule has 6 aromatic heterocycles. The molecule has 10 rings (SSSR count). The number of hydrogen-bond acceptors (Lipinski definition) is 8. The van der Waals surface area contributed by atoms with Crippen molar-refractivity contribution < 1.29 is 27.8 Å². The van der Waals surface area contributed by atoms with Gasteiger partial charge in [-0.15, -0.1) is 0 Å². The van der Waals surface area contributed by atoms with Crippen LogP contribution in [0, 0.1) is 23.7 Å². The van der Waals surface area contributed by atoms with Gasteiger partial charge in [0.05, 0.1) is 57.8 Å². The van der Waals surface area contributed by atoms with Crippen LogP contribution in [0.25, 0.3) is 44.3 Å². The van der Waals surface area contributed by atoms with Crippen LogP contribution in [0.2, 0.25) is 0 Å². The standard InChI is InChI=1S/C40H36F2N8O4/c1-49-29(8-19-10-36(45-17-31(19)49)47-38(51)24-12-27(24)41)21-4-3-6-44-40(21)54-35-15-23(35)22-14-34(22)53-33-5-7-43-16-26(33)30-9-20-11-37(46-18-32(20)50(30)2)48-39(52)25-13-28(25)42/h3-11,16-18,22-25,27-28,34-35H,12-15H2,1-2H3,(H,45,47,51)(H,46,48,52). The van der Waals surface area contributed by atoms with Crippen molar-refractivity contribution in [3.8, 4) is 34.1 Å². The van der Waals surface area contributed by atoms with Crippen molar-refractivity contribution >= 4 is 45.3 Å². The number of nitrogens with zero attached hydrogens (tertiary/aromatic N) is 6. The van der Waals surface area contributed by atoms with Crippen LogP contribution in [0.3, 0.4) is 0 Å². The highest BCUT2D eigenvalue weighted by molar-refractivity contribution is 5.97. The zero-order chi connectivity index (χ0) is 36.8. The van der Waals surface area contributed by atoms with Crippen LogP contribution in [0.5, 0.6) is 11.6 Å². The van der Waals surface area contributed by atoms with Crippen LogP contribution in [-0.4, -0.2) is 65.4 Å². The average molecular weight is 731 g/mol. The van der Waals surface area contributed by atoms with E-state index in [0.29, 0.717) is 29.4 Å². The molecule has 0 spiro atoms. The lowest BCUT2D eigenvalue weighted by Gasteiger charge is -2.13. The highest BCUT2D eigenvalue weighted by Gasteiger charge is 2.57. The maximum absolute atomic E-state index is 13.4. The van der Waals surface area contributed by atoms with Crippen molar-refractivity contribution in [1.29, 1.82) is 0 Å². The summed E-state index contributed by atoms with van der Waals surface area (Å²) < 4.78 is 44.0. The first-order valence-electron chi connectivity index (χ1n) is 18.2. The molecule has 4 fully saturated rings. The van der Waals surface area contributed by atoms with Crippen LogP contribution in [0.1, 0.15) is 25.7 Å². The molecule has 54 heavy (non-hydrogen) atoms. The number of alkyl halides is 2. The van der Waals surface area contributed by atoms with Crippen molar-refractivity contribution in [2.45, 2.75) is 50.2 Å². The number of ether oxygens (including phenoxy) is 2. The van der Waals surface area contributed by atoms with Gasteiger partial charge in [-0.1, -0.05) is 0 Å². The Kier molecular flexibility index (Phi) is 7.46. The molecule has 8 unspecified atom stereocenters. The van der Waals surface area contributed by atoms with Gasteiger partial charge in [-0.25, -0.2) is 23.7 Å². The number of pyridine rings is 4. The lowest BCUT2D eigenvalue weighted by Crippen LogP contribution is -2.15. The maximum Gasteiger partial charge on any atom is 0.231 e. The number of nitrogens with one attached hydrogen (secondary N) is 2. The van der Waals surface area contributed by atoms with E-state index in [4.69, 9.17) is 9.47 Å². The topological polar surface area (TPSA) is 138 Å². The molecule has 6 aromatic rings. The molecule has 4 saturated carbocycles. The first-order chi connectivity index (χ1) is 26.2. The van der Waals surface area contributed by atoms with Gasteiger partial charge in [0.25, 0.3) is 0 Å². The molecule has 4 aliphatic carbocycles. The molecule has 2 N–H and O–H groups in total. The van der Waals surface area contributed by atoms with E-state index in [2.05, 4.69) is 30.6 Å². The van der Waals surface area contributed by atoms with E-state index in [9.17, 15) is 18.4 Å². The number of fused-ring (bicyclic) bond motifs is 2. The van der Waals surface area contributed by atoms with Gasteiger partial charge in [-0.3, -0.25) is 14.6 Å². The molecule has 0 saturated heterocycles. The summed E-state index contributed by atoms with van der Waals surface area (Å²) in [6.45, 7) is 0. The molecule has 14 heteroatoms. The van der Waals surface area contributed by atoms with Crippen LogP contribution >= 0.6 is 0 Å². The zero-order valence-electron chi connectivity index (χ0n) is 29.4. The quantitative estimate of drug-likeness (QED) is 0.156. The second-order valence-electron chi connectivity index (χ2n) is 15.0. The number of amides is 2. The zero-order valence-corrected chi connectivity index (χ0v) is 29.4. The van der Waals surface area contributed by atoms with Crippen molar-refractivity contribution in [2.24, 2.45) is 37.8 Å². The van der Waals surface area contributed by atoms with Gasteiger partial charge in [0.1, 0.15) is 41.9 Å². The molecule has 4 aliphatic rings. The molecule has 0 aliphatic heterocycles. The van der Waals surface area contributed by atoms with E-state index < -0.39 is 24.2 Å². The van der Waals surface area contributed by atoms with Gasteiger partial charge in [0.15, 0.2) is 0 Å². The van der Waals surface area contributed by atoms with Crippen molar-refractivity contribution in [3.05, 3.63) is 73.4 Å². The minimum absolute atomic E-state index is 0.0187. The third-order valence-electron chi connectivity index (χ3n) is 11.2. The predicted molar refractivity (Wildman–Crippen MR) is 196 cm³/mol. The minimum Gasteiger partial charge on any atom is -0.489 e. The molecule has 0 radical (unpaired) electrons. The Balaban J connectivity index is 0.813. The molecule has 2 amide bonds. The van der Waals surface area contributed by atoms with Gasteiger partial charge in [-0.2, -0.15) is 0 Å². The fourth-order valence-electron chi connectivity index (χ4n) is 7.64. The summed E-state index contributed by atoms with van der Waals surface area (Å²) in [6, 6.07) is 13.4. The fraction of sp³-hybridized carbons (Fsp3) is 0.350. The average Bonchev–Trinajstić information content (AvgIpc) is 4.05. The summed E-state index contributed by atoms with van der Waals surface area (Å²) in [4.78, 5) is 42.4. The normalized spacial score (nSPS) is 26.4. The number of hydrogen-bond donors (Lipinski definition) is 2. The first kappa shape index (κ1) is 32.7. The van der Waals surface area contributed by atoms with E-state index in [1.165, 1.54) is 0 Å². The second-order valence-corrected chi connectivity index (χ2v) is 15.0. The Labute approximate surface area is 307 Å². The Morgan fingerprint density at radius 2 is 1.26 bits per heavy atom. The Morgan fingerprint density at radius 3 is 1.83 bits per heavy atom. The molecule has 0 aromatic carbocycles. The summed E-state index contributed by atoms with van der Waals surface area (Å²) in [7, 11) is 3.91. The van der Waals surface area contributed by atoms with Gasteiger partial charge >= 0.3 is 0 Å². The largest absolute Gasteiger partial charge is 0.489 e. The Bertz CT molecular complexity index is 2330. The van der Waals surface area contributed by atoms with Gasteiger partial charge in [0, 0.05) is 55.3 Å². The number of aromatic nitrogens is 6. The third-order valence-corrected chi connectivity index (χ3v) is 11.2. The number of aryl methyl sites for hydroxylation is 2. The summed E-state index contributed by atoms with van der Waals surface area (Å²) in [5, 5.41) is 7.25. The highest BCUT2D eigenvalue weighted by Crippen LogP contribution is 2.54. The summed E-state index contributed by atoms with van der Waals surface area (Å²) >= 11 is 0. The summed E-state index contributed by atoms with van der Waals surface area (Å²) in [5.74, 6) is 0.912. The summed E-state index contributed by atoms with van der Waals surface area (Å²) in [5.41, 5.74) is 5.26. The number of carbonyl (C=O) groups is 2. The van der Waals surface area contributed by atoms with E-state index in [1.54, 1.807) is 43.1 Å². The second kappa shape index (κ2) is 12.3. The molecule has 6 heterocycles.